The van der Waals surface area contributed by atoms with Gasteiger partial charge in [-0.25, -0.2) is 0 Å². The third kappa shape index (κ3) is 6.26. The number of aliphatic imine (C=N–C) groups is 2. The first-order valence-corrected chi connectivity index (χ1v) is 8.29. The fourth-order valence-corrected chi connectivity index (χ4v) is 2.28. The Kier molecular flexibility index (Phi) is 6.96. The molecular formula is C21H24N2O2. The Bertz CT molecular complexity index is 766. The number of rotatable bonds is 8. The van der Waals surface area contributed by atoms with Gasteiger partial charge in [0, 0.05) is 23.6 Å². The van der Waals surface area contributed by atoms with Crippen LogP contribution in [0.3, 0.4) is 0 Å². The standard InChI is InChI=1S/C21H24N2O2/c1-16(2)11-12-19(23-14-18-8-4-6-10-21(18)25)15-22-13-17-7-3-5-9-20(17)24/h3-10,13-14,19,24-25H,1,11-12,15H2,2H3. The molecule has 130 valence electrons. The van der Waals surface area contributed by atoms with Crippen LogP contribution in [0.2, 0.25) is 0 Å². The van der Waals surface area contributed by atoms with Crippen molar-refractivity contribution in [3.63, 3.8) is 0 Å². The highest BCUT2D eigenvalue weighted by Gasteiger charge is 2.06. The molecule has 2 aromatic carbocycles. The number of benzene rings is 2. The third-order valence-electron chi connectivity index (χ3n) is 3.75. The summed E-state index contributed by atoms with van der Waals surface area (Å²) < 4.78 is 0. The van der Waals surface area contributed by atoms with Crippen LogP contribution in [0.25, 0.3) is 0 Å². The lowest BCUT2D eigenvalue weighted by Gasteiger charge is -2.10. The van der Waals surface area contributed by atoms with Gasteiger partial charge in [0.15, 0.2) is 0 Å². The van der Waals surface area contributed by atoms with Crippen LogP contribution in [-0.4, -0.2) is 35.2 Å². The summed E-state index contributed by atoms with van der Waals surface area (Å²) in [7, 11) is 0. The van der Waals surface area contributed by atoms with Gasteiger partial charge in [0.1, 0.15) is 11.5 Å². The van der Waals surface area contributed by atoms with Gasteiger partial charge in [-0.3, -0.25) is 9.98 Å². The average molecular weight is 336 g/mol. The second-order valence-corrected chi connectivity index (χ2v) is 6.04. The first-order valence-electron chi connectivity index (χ1n) is 8.29. The molecule has 1 unspecified atom stereocenters. The summed E-state index contributed by atoms with van der Waals surface area (Å²) in [6.45, 7) is 6.44. The lowest BCUT2D eigenvalue weighted by atomic mass is 10.1. The monoisotopic (exact) mass is 336 g/mol. The Labute approximate surface area is 148 Å². The van der Waals surface area contributed by atoms with Gasteiger partial charge in [0.25, 0.3) is 0 Å². The zero-order chi connectivity index (χ0) is 18.1. The van der Waals surface area contributed by atoms with E-state index in [0.717, 1.165) is 18.4 Å². The second kappa shape index (κ2) is 9.42. The van der Waals surface area contributed by atoms with E-state index in [-0.39, 0.29) is 17.5 Å². The van der Waals surface area contributed by atoms with Gasteiger partial charge in [0.2, 0.25) is 0 Å². The lowest BCUT2D eigenvalue weighted by Crippen LogP contribution is -2.10. The van der Waals surface area contributed by atoms with E-state index >= 15 is 0 Å². The van der Waals surface area contributed by atoms with Crippen molar-refractivity contribution in [2.24, 2.45) is 9.98 Å². The quantitative estimate of drug-likeness (QED) is 0.555. The molecule has 0 aliphatic heterocycles. The smallest absolute Gasteiger partial charge is 0.124 e. The molecule has 1 atom stereocenters. The number of allylic oxidation sites excluding steroid dienone is 1. The van der Waals surface area contributed by atoms with E-state index in [1.54, 1.807) is 36.7 Å². The van der Waals surface area contributed by atoms with Crippen LogP contribution in [0.4, 0.5) is 0 Å². The molecule has 2 rings (SSSR count). The fourth-order valence-electron chi connectivity index (χ4n) is 2.28. The van der Waals surface area contributed by atoms with Crippen molar-refractivity contribution < 1.29 is 10.2 Å². The normalized spacial score (nSPS) is 12.7. The molecule has 0 aliphatic carbocycles. The van der Waals surface area contributed by atoms with E-state index < -0.39 is 0 Å². The maximum atomic E-state index is 9.83. The summed E-state index contributed by atoms with van der Waals surface area (Å²) in [6, 6.07) is 14.2. The molecule has 0 spiro atoms. The SMILES string of the molecule is C=C(C)CCC(CN=Cc1ccccc1O)N=Cc1ccccc1O. The number of aromatic hydroxyl groups is 2. The number of para-hydroxylation sites is 2. The zero-order valence-corrected chi connectivity index (χ0v) is 14.5. The summed E-state index contributed by atoms with van der Waals surface area (Å²) in [5.74, 6) is 0.421. The number of nitrogens with zero attached hydrogens (tertiary/aromatic N) is 2. The molecule has 4 nitrogen and oxygen atoms in total. The molecule has 0 heterocycles. The van der Waals surface area contributed by atoms with Gasteiger partial charge in [0.05, 0.1) is 12.6 Å². The first kappa shape index (κ1) is 18.5. The maximum Gasteiger partial charge on any atom is 0.124 e. The predicted octanol–water partition coefficient (Wildman–Crippen LogP) is 4.36. The first-order chi connectivity index (χ1) is 12.1. The van der Waals surface area contributed by atoms with Crippen LogP contribution in [-0.2, 0) is 0 Å². The van der Waals surface area contributed by atoms with E-state index in [0.29, 0.717) is 17.7 Å². The second-order valence-electron chi connectivity index (χ2n) is 6.04. The van der Waals surface area contributed by atoms with Crippen molar-refractivity contribution in [2.45, 2.75) is 25.8 Å². The molecule has 0 saturated carbocycles. The molecule has 0 aliphatic rings. The Morgan fingerprint density at radius 3 is 2.12 bits per heavy atom. The van der Waals surface area contributed by atoms with Crippen LogP contribution in [0.5, 0.6) is 11.5 Å². The largest absolute Gasteiger partial charge is 0.507 e. The van der Waals surface area contributed by atoms with Crippen molar-refractivity contribution in [3.8, 4) is 11.5 Å². The highest BCUT2D eigenvalue weighted by molar-refractivity contribution is 5.84. The van der Waals surface area contributed by atoms with Crippen LogP contribution in [0.1, 0.15) is 30.9 Å². The lowest BCUT2D eigenvalue weighted by molar-refractivity contribution is 0.473. The topological polar surface area (TPSA) is 65.2 Å². The summed E-state index contributed by atoms with van der Waals surface area (Å²) in [6.07, 6.45) is 5.05. The summed E-state index contributed by atoms with van der Waals surface area (Å²) in [5.41, 5.74) is 2.48. The van der Waals surface area contributed by atoms with Crippen LogP contribution in [0.15, 0.2) is 70.7 Å². The van der Waals surface area contributed by atoms with E-state index in [1.807, 2.05) is 31.2 Å². The molecule has 0 fully saturated rings. The Morgan fingerprint density at radius 2 is 1.56 bits per heavy atom. The Hall–Kier alpha value is -2.88. The molecule has 25 heavy (non-hydrogen) atoms. The number of hydrogen-bond donors (Lipinski definition) is 2. The molecule has 0 amide bonds. The highest BCUT2D eigenvalue weighted by Crippen LogP contribution is 2.15. The molecule has 0 saturated heterocycles. The predicted molar refractivity (Wildman–Crippen MR) is 104 cm³/mol. The van der Waals surface area contributed by atoms with Crippen molar-refractivity contribution in [3.05, 3.63) is 71.8 Å². The van der Waals surface area contributed by atoms with Gasteiger partial charge >= 0.3 is 0 Å². The minimum Gasteiger partial charge on any atom is -0.507 e. The van der Waals surface area contributed by atoms with Crippen LogP contribution < -0.4 is 0 Å². The Balaban J connectivity index is 2.06. The minimum absolute atomic E-state index is 0.0154. The zero-order valence-electron chi connectivity index (χ0n) is 14.5. The van der Waals surface area contributed by atoms with Crippen molar-refractivity contribution in [1.82, 2.24) is 0 Å². The van der Waals surface area contributed by atoms with E-state index in [9.17, 15) is 10.2 Å². The maximum absolute atomic E-state index is 9.83. The van der Waals surface area contributed by atoms with Crippen LogP contribution >= 0.6 is 0 Å². The highest BCUT2D eigenvalue weighted by atomic mass is 16.3. The molecular weight excluding hydrogens is 312 g/mol. The van der Waals surface area contributed by atoms with Crippen molar-refractivity contribution in [1.29, 1.82) is 0 Å². The molecule has 0 bridgehead atoms. The fraction of sp³-hybridized carbons (Fsp3) is 0.238. The number of hydrogen-bond acceptors (Lipinski definition) is 4. The molecule has 4 heteroatoms. The Morgan fingerprint density at radius 1 is 1.00 bits per heavy atom. The molecule has 0 radical (unpaired) electrons. The van der Waals surface area contributed by atoms with E-state index in [2.05, 4.69) is 16.6 Å². The van der Waals surface area contributed by atoms with Crippen molar-refractivity contribution >= 4 is 12.4 Å². The molecule has 2 aromatic rings. The minimum atomic E-state index is -0.0154. The summed E-state index contributed by atoms with van der Waals surface area (Å²) >= 11 is 0. The van der Waals surface area contributed by atoms with Gasteiger partial charge in [-0.15, -0.1) is 6.58 Å². The van der Waals surface area contributed by atoms with Gasteiger partial charge in [-0.1, -0.05) is 29.8 Å². The summed E-state index contributed by atoms with van der Waals surface area (Å²) in [4.78, 5) is 9.00. The average Bonchev–Trinajstić information content (AvgIpc) is 2.59. The van der Waals surface area contributed by atoms with E-state index in [4.69, 9.17) is 0 Å². The van der Waals surface area contributed by atoms with Gasteiger partial charge < -0.3 is 10.2 Å². The van der Waals surface area contributed by atoms with Crippen LogP contribution in [0, 0.1) is 0 Å². The molecule has 0 aromatic heterocycles. The van der Waals surface area contributed by atoms with Gasteiger partial charge in [-0.2, -0.15) is 0 Å². The molecule has 2 N–H and O–H groups in total. The van der Waals surface area contributed by atoms with Crippen molar-refractivity contribution in [2.75, 3.05) is 6.54 Å². The van der Waals surface area contributed by atoms with E-state index in [1.165, 1.54) is 0 Å². The number of phenols is 2. The van der Waals surface area contributed by atoms with Gasteiger partial charge in [-0.05, 0) is 44.0 Å². The third-order valence-corrected chi connectivity index (χ3v) is 3.75. The summed E-state index contributed by atoms with van der Waals surface area (Å²) in [5, 5.41) is 19.6. The number of phenolic OH excluding ortho intramolecular Hbond substituents is 2.